The lowest BCUT2D eigenvalue weighted by molar-refractivity contribution is 0.101. The molecule has 1 N–H and O–H groups in total. The number of nitrogens with zero attached hydrogens (tertiary/aromatic N) is 2. The second kappa shape index (κ2) is 5.99. The standard InChI is InChI=1S/C13H26N2O/c1-14-8-5-9-15(10-13(14)11-16)12-6-3-2-4-7-12/h12-13,16H,2-11H2,1H3. The number of likely N-dealkylation sites (N-methyl/N-ethyl adjacent to an activating group) is 1. The molecule has 2 rings (SSSR count). The van der Waals surface area contributed by atoms with Gasteiger partial charge in [0.2, 0.25) is 0 Å². The first kappa shape index (κ1) is 12.3. The number of hydrogen-bond donors (Lipinski definition) is 1. The maximum atomic E-state index is 9.43. The third kappa shape index (κ3) is 2.96. The maximum Gasteiger partial charge on any atom is 0.0599 e. The molecule has 0 aromatic heterocycles. The Bertz CT molecular complexity index is 204. The highest BCUT2D eigenvalue weighted by Gasteiger charge is 2.27. The Morgan fingerprint density at radius 3 is 2.50 bits per heavy atom. The molecule has 0 radical (unpaired) electrons. The first-order chi connectivity index (χ1) is 7.81. The predicted octanol–water partition coefficient (Wildman–Crippen LogP) is 1.32. The van der Waals surface area contributed by atoms with Gasteiger partial charge in [0.05, 0.1) is 6.61 Å². The van der Waals surface area contributed by atoms with E-state index < -0.39 is 0 Å². The molecular formula is C13H26N2O. The van der Waals surface area contributed by atoms with Gasteiger partial charge in [0.25, 0.3) is 0 Å². The van der Waals surface area contributed by atoms with E-state index in [4.69, 9.17) is 0 Å². The first-order valence-electron chi connectivity index (χ1n) is 6.86. The van der Waals surface area contributed by atoms with Crippen LogP contribution in [0.4, 0.5) is 0 Å². The molecule has 3 nitrogen and oxygen atoms in total. The lowest BCUT2D eigenvalue weighted by atomic mass is 9.94. The predicted molar refractivity (Wildman–Crippen MR) is 66.6 cm³/mol. The molecule has 1 aliphatic carbocycles. The molecule has 0 aromatic carbocycles. The van der Waals surface area contributed by atoms with Crippen molar-refractivity contribution in [3.63, 3.8) is 0 Å². The molecule has 3 heteroatoms. The molecule has 0 spiro atoms. The molecule has 0 amide bonds. The van der Waals surface area contributed by atoms with Crippen molar-refractivity contribution < 1.29 is 5.11 Å². The van der Waals surface area contributed by atoms with Crippen molar-refractivity contribution in [1.29, 1.82) is 0 Å². The van der Waals surface area contributed by atoms with Crippen LogP contribution in [0.1, 0.15) is 38.5 Å². The minimum Gasteiger partial charge on any atom is -0.395 e. The van der Waals surface area contributed by atoms with E-state index in [1.807, 2.05) is 0 Å². The van der Waals surface area contributed by atoms with Crippen LogP contribution in [0.2, 0.25) is 0 Å². The smallest absolute Gasteiger partial charge is 0.0599 e. The molecular weight excluding hydrogens is 200 g/mol. The fourth-order valence-corrected chi connectivity index (χ4v) is 3.18. The zero-order chi connectivity index (χ0) is 11.4. The van der Waals surface area contributed by atoms with Crippen molar-refractivity contribution in [3.8, 4) is 0 Å². The third-order valence-corrected chi connectivity index (χ3v) is 4.33. The van der Waals surface area contributed by atoms with E-state index >= 15 is 0 Å². The van der Waals surface area contributed by atoms with Gasteiger partial charge in [-0.05, 0) is 39.4 Å². The van der Waals surface area contributed by atoms with Gasteiger partial charge in [-0.2, -0.15) is 0 Å². The van der Waals surface area contributed by atoms with Gasteiger partial charge in [0.15, 0.2) is 0 Å². The number of hydrogen-bond acceptors (Lipinski definition) is 3. The Hall–Kier alpha value is -0.120. The molecule has 94 valence electrons. The summed E-state index contributed by atoms with van der Waals surface area (Å²) in [6.07, 6.45) is 8.24. The highest BCUT2D eigenvalue weighted by molar-refractivity contribution is 4.83. The van der Waals surface area contributed by atoms with E-state index in [1.54, 1.807) is 0 Å². The van der Waals surface area contributed by atoms with Crippen molar-refractivity contribution in [3.05, 3.63) is 0 Å². The average molecular weight is 226 g/mol. The second-order valence-electron chi connectivity index (χ2n) is 5.46. The van der Waals surface area contributed by atoms with Crippen LogP contribution in [0.15, 0.2) is 0 Å². The molecule has 1 saturated carbocycles. The van der Waals surface area contributed by atoms with Crippen LogP contribution in [-0.2, 0) is 0 Å². The summed E-state index contributed by atoms with van der Waals surface area (Å²) in [5, 5.41) is 9.43. The zero-order valence-electron chi connectivity index (χ0n) is 10.6. The van der Waals surface area contributed by atoms with E-state index in [-0.39, 0.29) is 0 Å². The fraction of sp³-hybridized carbons (Fsp3) is 1.00. The normalized spacial score (nSPS) is 31.5. The highest BCUT2D eigenvalue weighted by atomic mass is 16.3. The molecule has 1 saturated heterocycles. The molecule has 0 aromatic rings. The van der Waals surface area contributed by atoms with Crippen molar-refractivity contribution in [1.82, 2.24) is 9.80 Å². The van der Waals surface area contributed by atoms with Crippen molar-refractivity contribution in [2.75, 3.05) is 33.3 Å². The van der Waals surface area contributed by atoms with Gasteiger partial charge in [-0.3, -0.25) is 9.80 Å². The van der Waals surface area contributed by atoms with Crippen LogP contribution in [0.25, 0.3) is 0 Å². The maximum absolute atomic E-state index is 9.43. The van der Waals surface area contributed by atoms with E-state index in [9.17, 15) is 5.11 Å². The Kier molecular flexibility index (Phi) is 4.62. The number of rotatable bonds is 2. The minimum atomic E-state index is 0.305. The summed E-state index contributed by atoms with van der Waals surface area (Å²) in [6.45, 7) is 3.73. The molecule has 16 heavy (non-hydrogen) atoms. The minimum absolute atomic E-state index is 0.305. The average Bonchev–Trinajstić information content (AvgIpc) is 2.52. The van der Waals surface area contributed by atoms with Crippen molar-refractivity contribution in [2.24, 2.45) is 0 Å². The fourth-order valence-electron chi connectivity index (χ4n) is 3.18. The van der Waals surface area contributed by atoms with Crippen LogP contribution in [0.5, 0.6) is 0 Å². The summed E-state index contributed by atoms with van der Waals surface area (Å²) in [5.74, 6) is 0. The summed E-state index contributed by atoms with van der Waals surface area (Å²) >= 11 is 0. The molecule has 2 fully saturated rings. The molecule has 1 unspecified atom stereocenters. The van der Waals surface area contributed by atoms with Gasteiger partial charge in [-0.15, -0.1) is 0 Å². The highest BCUT2D eigenvalue weighted by Crippen LogP contribution is 2.24. The second-order valence-corrected chi connectivity index (χ2v) is 5.46. The first-order valence-corrected chi connectivity index (χ1v) is 6.86. The van der Waals surface area contributed by atoms with E-state index in [0.717, 1.165) is 19.1 Å². The van der Waals surface area contributed by atoms with Crippen LogP contribution < -0.4 is 0 Å². The summed E-state index contributed by atoms with van der Waals surface area (Å²) in [5.41, 5.74) is 0. The van der Waals surface area contributed by atoms with Gasteiger partial charge in [0, 0.05) is 18.6 Å². The quantitative estimate of drug-likeness (QED) is 0.769. The topological polar surface area (TPSA) is 26.7 Å². The van der Waals surface area contributed by atoms with E-state index in [2.05, 4.69) is 16.8 Å². The van der Waals surface area contributed by atoms with Crippen LogP contribution in [0.3, 0.4) is 0 Å². The summed E-state index contributed by atoms with van der Waals surface area (Å²) in [6, 6.07) is 1.15. The lowest BCUT2D eigenvalue weighted by Crippen LogP contribution is -2.45. The number of aliphatic hydroxyl groups is 1. The monoisotopic (exact) mass is 226 g/mol. The molecule has 2 aliphatic rings. The van der Waals surface area contributed by atoms with E-state index in [0.29, 0.717) is 12.6 Å². The number of aliphatic hydroxyl groups excluding tert-OH is 1. The van der Waals surface area contributed by atoms with Gasteiger partial charge in [0.1, 0.15) is 0 Å². The van der Waals surface area contributed by atoms with Gasteiger partial charge < -0.3 is 5.11 Å². The van der Waals surface area contributed by atoms with Crippen molar-refractivity contribution in [2.45, 2.75) is 50.6 Å². The van der Waals surface area contributed by atoms with Crippen LogP contribution >= 0.6 is 0 Å². The molecule has 1 aliphatic heterocycles. The summed E-state index contributed by atoms with van der Waals surface area (Å²) < 4.78 is 0. The largest absolute Gasteiger partial charge is 0.395 e. The Morgan fingerprint density at radius 1 is 1.06 bits per heavy atom. The Labute approximate surface area is 99.4 Å². The SMILES string of the molecule is CN1CCCN(C2CCCCC2)CC1CO. The molecule has 1 atom stereocenters. The van der Waals surface area contributed by atoms with Crippen LogP contribution in [0, 0.1) is 0 Å². The lowest BCUT2D eigenvalue weighted by Gasteiger charge is -2.35. The van der Waals surface area contributed by atoms with E-state index in [1.165, 1.54) is 45.1 Å². The Morgan fingerprint density at radius 2 is 1.81 bits per heavy atom. The molecule has 1 heterocycles. The van der Waals surface area contributed by atoms with Gasteiger partial charge in [-0.25, -0.2) is 0 Å². The van der Waals surface area contributed by atoms with Gasteiger partial charge in [-0.1, -0.05) is 19.3 Å². The third-order valence-electron chi connectivity index (χ3n) is 4.33. The zero-order valence-corrected chi connectivity index (χ0v) is 10.6. The van der Waals surface area contributed by atoms with Crippen LogP contribution in [-0.4, -0.2) is 60.3 Å². The van der Waals surface area contributed by atoms with Crippen molar-refractivity contribution >= 4 is 0 Å². The molecule has 0 bridgehead atoms. The Balaban J connectivity index is 1.92. The van der Waals surface area contributed by atoms with Gasteiger partial charge >= 0.3 is 0 Å². The summed E-state index contributed by atoms with van der Waals surface area (Å²) in [4.78, 5) is 4.96. The summed E-state index contributed by atoms with van der Waals surface area (Å²) in [7, 11) is 2.14.